The Kier molecular flexibility index (Phi) is 10.6. The Morgan fingerprint density at radius 2 is 1.45 bits per heavy atom. The molecule has 0 spiro atoms. The number of phenols is 1. The summed E-state index contributed by atoms with van der Waals surface area (Å²) in [6, 6.07) is 5.72. The highest BCUT2D eigenvalue weighted by Crippen LogP contribution is 2.31. The Morgan fingerprint density at radius 1 is 0.818 bits per heavy atom. The molecule has 0 saturated carbocycles. The molecule has 22 heavy (non-hydrogen) atoms. The average molecular weight is 306 g/mol. The van der Waals surface area contributed by atoms with E-state index in [1.165, 1.54) is 51.4 Å². The molecule has 0 fully saturated rings. The lowest BCUT2D eigenvalue weighted by Gasteiger charge is -2.13. The Hall–Kier alpha value is -1.18. The van der Waals surface area contributed by atoms with Gasteiger partial charge in [0.05, 0.1) is 6.61 Å². The van der Waals surface area contributed by atoms with Gasteiger partial charge in [-0.1, -0.05) is 77.3 Å². The van der Waals surface area contributed by atoms with Crippen LogP contribution in [0.15, 0.2) is 18.2 Å². The number of unbranched alkanes of at least 4 members (excludes halogenated alkanes) is 8. The van der Waals surface area contributed by atoms with Gasteiger partial charge in [0, 0.05) is 0 Å². The third-order valence-corrected chi connectivity index (χ3v) is 4.12. The van der Waals surface area contributed by atoms with Crippen LogP contribution in [-0.2, 0) is 6.42 Å². The number of phenolic OH excluding ortho intramolecular Hbond substituents is 1. The van der Waals surface area contributed by atoms with E-state index in [0.717, 1.165) is 24.8 Å². The van der Waals surface area contributed by atoms with Gasteiger partial charge in [0.15, 0.2) is 11.5 Å². The van der Waals surface area contributed by atoms with Gasteiger partial charge in [-0.25, -0.2) is 0 Å². The first kappa shape index (κ1) is 18.9. The van der Waals surface area contributed by atoms with Gasteiger partial charge in [0.2, 0.25) is 0 Å². The van der Waals surface area contributed by atoms with E-state index in [-0.39, 0.29) is 5.75 Å². The first-order chi connectivity index (χ1) is 10.8. The third-order valence-electron chi connectivity index (χ3n) is 4.12. The molecular weight excluding hydrogens is 272 g/mol. The molecule has 0 bridgehead atoms. The quantitative estimate of drug-likeness (QED) is 0.436. The van der Waals surface area contributed by atoms with E-state index in [0.29, 0.717) is 12.4 Å². The molecule has 0 saturated heterocycles. The van der Waals surface area contributed by atoms with Crippen LogP contribution in [0.25, 0.3) is 0 Å². The molecule has 2 heteroatoms. The van der Waals surface area contributed by atoms with Gasteiger partial charge in [-0.15, -0.1) is 0 Å². The van der Waals surface area contributed by atoms with Gasteiger partial charge < -0.3 is 9.84 Å². The highest BCUT2D eigenvalue weighted by Gasteiger charge is 2.08. The van der Waals surface area contributed by atoms with Gasteiger partial charge in [-0.05, 0) is 30.9 Å². The zero-order chi connectivity index (χ0) is 16.0. The Balaban J connectivity index is 2.28. The van der Waals surface area contributed by atoms with Crippen molar-refractivity contribution < 1.29 is 9.84 Å². The van der Waals surface area contributed by atoms with Gasteiger partial charge in [-0.3, -0.25) is 0 Å². The summed E-state index contributed by atoms with van der Waals surface area (Å²) in [6.45, 7) is 5.17. The molecule has 0 heterocycles. The SMILES string of the molecule is CCCCCCCCCOc1c(O)cccc1CCCCC. The zero-order valence-electron chi connectivity index (χ0n) is 14.6. The molecule has 0 aliphatic rings. The summed E-state index contributed by atoms with van der Waals surface area (Å²) < 4.78 is 5.88. The number of aromatic hydroxyl groups is 1. The van der Waals surface area contributed by atoms with Crippen molar-refractivity contribution in [2.75, 3.05) is 6.61 Å². The summed E-state index contributed by atoms with van der Waals surface area (Å²) in [5.74, 6) is 1.00. The third kappa shape index (κ3) is 7.72. The molecule has 0 aliphatic heterocycles. The molecule has 0 aromatic heterocycles. The van der Waals surface area contributed by atoms with Crippen molar-refractivity contribution in [2.24, 2.45) is 0 Å². The smallest absolute Gasteiger partial charge is 0.164 e. The average Bonchev–Trinajstić information content (AvgIpc) is 2.52. The van der Waals surface area contributed by atoms with E-state index >= 15 is 0 Å². The highest BCUT2D eigenvalue weighted by molar-refractivity contribution is 5.45. The van der Waals surface area contributed by atoms with E-state index in [2.05, 4.69) is 19.9 Å². The predicted molar refractivity (Wildman–Crippen MR) is 94.8 cm³/mol. The number of aryl methyl sites for hydroxylation is 1. The van der Waals surface area contributed by atoms with E-state index in [9.17, 15) is 5.11 Å². The fourth-order valence-electron chi connectivity index (χ4n) is 2.73. The number of ether oxygens (including phenoxy) is 1. The molecule has 0 atom stereocenters. The van der Waals surface area contributed by atoms with Crippen LogP contribution < -0.4 is 4.74 Å². The van der Waals surface area contributed by atoms with Crippen LogP contribution >= 0.6 is 0 Å². The van der Waals surface area contributed by atoms with Crippen LogP contribution in [0.1, 0.15) is 83.6 Å². The molecule has 126 valence electrons. The minimum Gasteiger partial charge on any atom is -0.504 e. The standard InChI is InChI=1S/C20H34O2/c1-3-5-7-8-9-10-12-17-22-20-18(14-11-6-4-2)15-13-16-19(20)21/h13,15-16,21H,3-12,14,17H2,1-2H3. The van der Waals surface area contributed by atoms with Crippen molar-refractivity contribution in [1.82, 2.24) is 0 Å². The Morgan fingerprint density at radius 3 is 2.18 bits per heavy atom. The summed E-state index contributed by atoms with van der Waals surface area (Å²) in [4.78, 5) is 0. The first-order valence-electron chi connectivity index (χ1n) is 9.23. The van der Waals surface area contributed by atoms with E-state index in [1.54, 1.807) is 6.07 Å². The van der Waals surface area contributed by atoms with Crippen LogP contribution in [0.3, 0.4) is 0 Å². The monoisotopic (exact) mass is 306 g/mol. The molecular formula is C20H34O2. The summed E-state index contributed by atoms with van der Waals surface area (Å²) in [5.41, 5.74) is 1.15. The minimum absolute atomic E-state index is 0.289. The summed E-state index contributed by atoms with van der Waals surface area (Å²) in [7, 11) is 0. The number of benzene rings is 1. The Bertz CT molecular complexity index is 387. The molecule has 1 rings (SSSR count). The van der Waals surface area contributed by atoms with Crippen molar-refractivity contribution in [3.05, 3.63) is 23.8 Å². The molecule has 2 nitrogen and oxygen atoms in total. The second-order valence-corrected chi connectivity index (χ2v) is 6.19. The maximum Gasteiger partial charge on any atom is 0.164 e. The molecule has 1 N–H and O–H groups in total. The van der Waals surface area contributed by atoms with Gasteiger partial charge >= 0.3 is 0 Å². The maximum absolute atomic E-state index is 10.0. The normalized spacial score (nSPS) is 10.8. The zero-order valence-corrected chi connectivity index (χ0v) is 14.6. The predicted octanol–water partition coefficient (Wildman–Crippen LogP) is 6.25. The molecule has 0 unspecified atom stereocenters. The van der Waals surface area contributed by atoms with Crippen molar-refractivity contribution in [3.63, 3.8) is 0 Å². The van der Waals surface area contributed by atoms with Crippen LogP contribution in [0.5, 0.6) is 11.5 Å². The molecule has 0 radical (unpaired) electrons. The van der Waals surface area contributed by atoms with Crippen LogP contribution in [0.4, 0.5) is 0 Å². The minimum atomic E-state index is 0.289. The van der Waals surface area contributed by atoms with Crippen LogP contribution in [0, 0.1) is 0 Å². The van der Waals surface area contributed by atoms with E-state index in [4.69, 9.17) is 4.74 Å². The van der Waals surface area contributed by atoms with E-state index in [1.807, 2.05) is 6.07 Å². The molecule has 0 aliphatic carbocycles. The maximum atomic E-state index is 10.0. The largest absolute Gasteiger partial charge is 0.504 e. The van der Waals surface area contributed by atoms with Crippen molar-refractivity contribution in [1.29, 1.82) is 0 Å². The second kappa shape index (κ2) is 12.4. The van der Waals surface area contributed by atoms with Crippen LogP contribution in [0.2, 0.25) is 0 Å². The number of hydrogen-bond donors (Lipinski definition) is 1. The molecule has 1 aromatic rings. The van der Waals surface area contributed by atoms with Gasteiger partial charge in [0.1, 0.15) is 0 Å². The van der Waals surface area contributed by atoms with Gasteiger partial charge in [0.25, 0.3) is 0 Å². The van der Waals surface area contributed by atoms with E-state index < -0.39 is 0 Å². The van der Waals surface area contributed by atoms with Crippen molar-refractivity contribution in [2.45, 2.75) is 84.5 Å². The number of para-hydroxylation sites is 1. The summed E-state index contributed by atoms with van der Waals surface area (Å²) in [6.07, 6.45) is 13.6. The number of rotatable bonds is 13. The lowest BCUT2D eigenvalue weighted by Crippen LogP contribution is -2.01. The Labute approximate surface area is 136 Å². The lowest BCUT2D eigenvalue weighted by atomic mass is 10.1. The first-order valence-corrected chi connectivity index (χ1v) is 9.23. The van der Waals surface area contributed by atoms with Crippen molar-refractivity contribution >= 4 is 0 Å². The second-order valence-electron chi connectivity index (χ2n) is 6.19. The summed E-state index contributed by atoms with van der Waals surface area (Å²) >= 11 is 0. The fraction of sp³-hybridized carbons (Fsp3) is 0.700. The van der Waals surface area contributed by atoms with Crippen molar-refractivity contribution in [3.8, 4) is 11.5 Å². The fourth-order valence-corrected chi connectivity index (χ4v) is 2.73. The topological polar surface area (TPSA) is 29.5 Å². The van der Waals surface area contributed by atoms with Crippen LogP contribution in [-0.4, -0.2) is 11.7 Å². The lowest BCUT2D eigenvalue weighted by molar-refractivity contribution is 0.285. The molecule has 1 aromatic carbocycles. The number of hydrogen-bond acceptors (Lipinski definition) is 2. The van der Waals surface area contributed by atoms with Gasteiger partial charge in [-0.2, -0.15) is 0 Å². The highest BCUT2D eigenvalue weighted by atomic mass is 16.5. The summed E-state index contributed by atoms with van der Waals surface area (Å²) in [5, 5.41) is 10.0. The molecule has 0 amide bonds.